The molecule has 1 saturated carbocycles. The van der Waals surface area contributed by atoms with Crippen LogP contribution in [0.4, 0.5) is 0 Å². The van der Waals surface area contributed by atoms with Crippen molar-refractivity contribution in [2.75, 3.05) is 13.1 Å². The van der Waals surface area contributed by atoms with Crippen molar-refractivity contribution in [3.8, 4) is 0 Å². The van der Waals surface area contributed by atoms with E-state index in [1.54, 1.807) is 4.52 Å². The van der Waals surface area contributed by atoms with Gasteiger partial charge in [-0.15, -0.1) is 0 Å². The average Bonchev–Trinajstić information content (AvgIpc) is 3.08. The molecule has 2 aromatic heterocycles. The van der Waals surface area contributed by atoms with Gasteiger partial charge in [0, 0.05) is 43.2 Å². The van der Waals surface area contributed by atoms with Crippen molar-refractivity contribution < 1.29 is 4.79 Å². The number of aromatic amines is 1. The number of carbonyl (C=O) groups excluding carboxylic acids is 1. The van der Waals surface area contributed by atoms with Gasteiger partial charge in [0.15, 0.2) is 5.65 Å². The molecule has 0 spiro atoms. The first kappa shape index (κ1) is 17.9. The van der Waals surface area contributed by atoms with E-state index >= 15 is 0 Å². The number of aromatic nitrogens is 3. The fraction of sp³-hybridized carbons (Fsp3) is 0.667. The molecule has 150 valence electrons. The lowest BCUT2D eigenvalue weighted by atomic mass is 10.1. The van der Waals surface area contributed by atoms with Crippen molar-refractivity contribution in [2.45, 2.75) is 65.1 Å². The highest BCUT2D eigenvalue weighted by atomic mass is 16.2. The molecule has 3 atom stereocenters. The summed E-state index contributed by atoms with van der Waals surface area (Å²) in [6, 6.07) is 2.45. The largest absolute Gasteiger partial charge is 0.334 e. The lowest BCUT2D eigenvalue weighted by Gasteiger charge is -2.30. The summed E-state index contributed by atoms with van der Waals surface area (Å²) in [6.45, 7) is 8.93. The van der Waals surface area contributed by atoms with Gasteiger partial charge in [0.2, 0.25) is 5.91 Å². The molecule has 7 nitrogen and oxygen atoms in total. The number of amides is 1. The van der Waals surface area contributed by atoms with E-state index in [2.05, 4.69) is 30.8 Å². The monoisotopic (exact) mass is 383 g/mol. The maximum absolute atomic E-state index is 13.0. The summed E-state index contributed by atoms with van der Waals surface area (Å²) in [5.41, 5.74) is 3.35. The Morgan fingerprint density at radius 3 is 2.82 bits per heavy atom. The van der Waals surface area contributed by atoms with Crippen LogP contribution in [0.2, 0.25) is 0 Å². The van der Waals surface area contributed by atoms with Crippen LogP contribution < -0.4 is 5.56 Å². The minimum Gasteiger partial charge on any atom is -0.334 e. The fourth-order valence-corrected chi connectivity index (χ4v) is 4.88. The number of nitrogens with one attached hydrogen (secondary N) is 1. The molecule has 5 rings (SSSR count). The summed E-state index contributed by atoms with van der Waals surface area (Å²) < 4.78 is 1.58. The minimum atomic E-state index is 0.0151. The van der Waals surface area contributed by atoms with Crippen LogP contribution >= 0.6 is 0 Å². The Hall–Kier alpha value is -2.15. The van der Waals surface area contributed by atoms with E-state index in [-0.39, 0.29) is 23.4 Å². The Bertz CT molecular complexity index is 991. The van der Waals surface area contributed by atoms with Gasteiger partial charge < -0.3 is 4.90 Å². The van der Waals surface area contributed by atoms with Crippen molar-refractivity contribution in [2.24, 2.45) is 11.8 Å². The van der Waals surface area contributed by atoms with Gasteiger partial charge in [-0.2, -0.15) is 0 Å². The minimum absolute atomic E-state index is 0.0151. The molecule has 28 heavy (non-hydrogen) atoms. The second kappa shape index (κ2) is 6.44. The highest BCUT2D eigenvalue weighted by Gasteiger charge is 2.44. The van der Waals surface area contributed by atoms with Crippen LogP contribution in [0.3, 0.4) is 0 Å². The van der Waals surface area contributed by atoms with Gasteiger partial charge in [-0.3, -0.25) is 19.6 Å². The number of carbonyl (C=O) groups is 1. The molecule has 2 fully saturated rings. The topological polar surface area (TPSA) is 73.7 Å². The number of H-pyrrole nitrogens is 1. The fourth-order valence-electron chi connectivity index (χ4n) is 4.88. The maximum atomic E-state index is 13.0. The van der Waals surface area contributed by atoms with E-state index in [0.29, 0.717) is 17.6 Å². The predicted octanol–water partition coefficient (Wildman–Crippen LogP) is 2.11. The number of hydrogen-bond acceptors (Lipinski definition) is 4. The number of nitrogens with zero attached hydrogens (tertiary/aromatic N) is 4. The van der Waals surface area contributed by atoms with Crippen LogP contribution in [-0.4, -0.2) is 49.4 Å². The zero-order chi connectivity index (χ0) is 19.6. The first-order valence-corrected chi connectivity index (χ1v) is 10.6. The molecule has 4 heterocycles. The van der Waals surface area contributed by atoms with Crippen LogP contribution in [0, 0.1) is 11.8 Å². The van der Waals surface area contributed by atoms with Gasteiger partial charge in [0.25, 0.3) is 5.56 Å². The van der Waals surface area contributed by atoms with E-state index in [0.717, 1.165) is 62.3 Å². The normalized spacial score (nSPS) is 27.6. The molecule has 1 saturated heterocycles. The Balaban J connectivity index is 1.49. The van der Waals surface area contributed by atoms with E-state index in [4.69, 9.17) is 4.98 Å². The Morgan fingerprint density at radius 1 is 1.32 bits per heavy atom. The SMILES string of the molecule is CC(C)N1CCc2c(nc3cc([C@H]4CCCN4C(=O)[C@H]4C[C@H]4C)[nH]n3c2=O)C1. The summed E-state index contributed by atoms with van der Waals surface area (Å²) in [4.78, 5) is 35.1. The Kier molecular flexibility index (Phi) is 4.12. The molecule has 1 amide bonds. The quantitative estimate of drug-likeness (QED) is 0.881. The highest BCUT2D eigenvalue weighted by Crippen LogP contribution is 2.43. The van der Waals surface area contributed by atoms with Crippen LogP contribution in [0.15, 0.2) is 10.9 Å². The van der Waals surface area contributed by atoms with Crippen molar-refractivity contribution >= 4 is 11.6 Å². The van der Waals surface area contributed by atoms with Gasteiger partial charge in [-0.25, -0.2) is 9.50 Å². The van der Waals surface area contributed by atoms with Crippen molar-refractivity contribution in [3.63, 3.8) is 0 Å². The predicted molar refractivity (Wildman–Crippen MR) is 106 cm³/mol. The Morgan fingerprint density at radius 2 is 2.11 bits per heavy atom. The number of likely N-dealkylation sites (tertiary alicyclic amines) is 1. The summed E-state index contributed by atoms with van der Waals surface area (Å²) in [5.74, 6) is 0.984. The third-order valence-corrected chi connectivity index (χ3v) is 6.87. The summed E-state index contributed by atoms with van der Waals surface area (Å²) >= 11 is 0. The molecule has 7 heteroatoms. The van der Waals surface area contributed by atoms with Crippen LogP contribution in [-0.2, 0) is 17.8 Å². The molecule has 0 aromatic carbocycles. The van der Waals surface area contributed by atoms with Crippen LogP contribution in [0.1, 0.15) is 63.0 Å². The van der Waals surface area contributed by atoms with Gasteiger partial charge in [-0.05, 0) is 45.4 Å². The smallest absolute Gasteiger partial charge is 0.276 e. The molecule has 2 aliphatic heterocycles. The van der Waals surface area contributed by atoms with Gasteiger partial charge >= 0.3 is 0 Å². The van der Waals surface area contributed by atoms with Gasteiger partial charge in [-0.1, -0.05) is 6.92 Å². The second-order valence-corrected chi connectivity index (χ2v) is 9.07. The van der Waals surface area contributed by atoms with Crippen molar-refractivity contribution in [1.82, 2.24) is 24.4 Å². The summed E-state index contributed by atoms with van der Waals surface area (Å²) in [6.07, 6.45) is 3.70. The van der Waals surface area contributed by atoms with E-state index in [1.165, 1.54) is 0 Å². The van der Waals surface area contributed by atoms with E-state index in [1.807, 2.05) is 11.0 Å². The first-order valence-electron chi connectivity index (χ1n) is 10.6. The molecule has 0 bridgehead atoms. The third-order valence-electron chi connectivity index (χ3n) is 6.87. The third kappa shape index (κ3) is 2.79. The van der Waals surface area contributed by atoms with Crippen LogP contribution in [0.5, 0.6) is 0 Å². The van der Waals surface area contributed by atoms with Gasteiger partial charge in [0.05, 0.1) is 17.4 Å². The molecular weight excluding hydrogens is 354 g/mol. The lowest BCUT2D eigenvalue weighted by molar-refractivity contribution is -0.133. The number of hydrogen-bond donors (Lipinski definition) is 1. The zero-order valence-corrected chi connectivity index (χ0v) is 16.9. The molecule has 1 aliphatic carbocycles. The summed E-state index contributed by atoms with van der Waals surface area (Å²) in [7, 11) is 0. The standard InChI is InChI=1S/C21H29N5O2/c1-12(2)24-8-6-14-17(11-24)22-19-10-16(23-26(19)21(14)28)18-5-4-7-25(18)20(27)15-9-13(15)3/h10,12-13,15,18,23H,4-9,11H2,1-3H3/t13-,15+,18-/m1/s1. The molecule has 3 aliphatic rings. The number of rotatable bonds is 3. The number of fused-ring (bicyclic) bond motifs is 2. The molecular formula is C21H29N5O2. The second-order valence-electron chi connectivity index (χ2n) is 9.07. The van der Waals surface area contributed by atoms with Crippen LogP contribution in [0.25, 0.3) is 5.65 Å². The zero-order valence-electron chi connectivity index (χ0n) is 16.9. The first-order chi connectivity index (χ1) is 13.4. The summed E-state index contributed by atoms with van der Waals surface area (Å²) in [5, 5.41) is 3.28. The van der Waals surface area contributed by atoms with Gasteiger partial charge in [0.1, 0.15) is 0 Å². The molecule has 0 unspecified atom stereocenters. The van der Waals surface area contributed by atoms with Crippen molar-refractivity contribution in [3.05, 3.63) is 33.4 Å². The van der Waals surface area contributed by atoms with E-state index < -0.39 is 0 Å². The molecule has 0 radical (unpaired) electrons. The highest BCUT2D eigenvalue weighted by molar-refractivity contribution is 5.82. The average molecular weight is 383 g/mol. The lowest BCUT2D eigenvalue weighted by Crippen LogP contribution is -2.39. The maximum Gasteiger partial charge on any atom is 0.276 e. The molecule has 2 aromatic rings. The van der Waals surface area contributed by atoms with Crippen molar-refractivity contribution in [1.29, 1.82) is 0 Å². The Labute approximate surface area is 164 Å². The van der Waals surface area contributed by atoms with E-state index in [9.17, 15) is 9.59 Å². The molecule has 1 N–H and O–H groups in total.